The van der Waals surface area contributed by atoms with Gasteiger partial charge in [0.1, 0.15) is 11.9 Å². The molecule has 128 valence electrons. The molecule has 1 aliphatic heterocycles. The maximum Gasteiger partial charge on any atom is 0.247 e. The number of anilines is 1. The minimum atomic E-state index is -0.577. The van der Waals surface area contributed by atoms with E-state index in [-0.39, 0.29) is 11.7 Å². The van der Waals surface area contributed by atoms with Crippen LogP contribution in [0.5, 0.6) is 0 Å². The van der Waals surface area contributed by atoms with Crippen LogP contribution in [-0.2, 0) is 16.0 Å². The first-order valence-corrected chi connectivity index (χ1v) is 8.10. The number of carbonyl (C=O) groups is 1. The van der Waals surface area contributed by atoms with Crippen molar-refractivity contribution in [2.45, 2.75) is 19.4 Å². The van der Waals surface area contributed by atoms with E-state index in [0.29, 0.717) is 37.7 Å². The SMILES string of the molecule is CCc1cc(NC(=O)[C@@H](c2cccc(F)c2)N2CCOCC2)n[nH]1. The second-order valence-electron chi connectivity index (χ2n) is 5.73. The summed E-state index contributed by atoms with van der Waals surface area (Å²) < 4.78 is 19.0. The van der Waals surface area contributed by atoms with Gasteiger partial charge < -0.3 is 10.1 Å². The zero-order valence-corrected chi connectivity index (χ0v) is 13.6. The molecule has 0 aliphatic carbocycles. The highest BCUT2D eigenvalue weighted by atomic mass is 19.1. The van der Waals surface area contributed by atoms with Gasteiger partial charge in [0, 0.05) is 24.8 Å². The molecule has 3 rings (SSSR count). The molecule has 2 heterocycles. The molecule has 1 aromatic carbocycles. The summed E-state index contributed by atoms with van der Waals surface area (Å²) in [4.78, 5) is 14.9. The van der Waals surface area contributed by atoms with Crippen molar-refractivity contribution in [1.29, 1.82) is 0 Å². The van der Waals surface area contributed by atoms with Gasteiger partial charge in [-0.1, -0.05) is 19.1 Å². The molecule has 2 N–H and O–H groups in total. The molecule has 0 radical (unpaired) electrons. The molecule has 1 amide bonds. The van der Waals surface area contributed by atoms with E-state index in [2.05, 4.69) is 15.5 Å². The Balaban J connectivity index is 1.83. The van der Waals surface area contributed by atoms with Gasteiger partial charge in [0.05, 0.1) is 13.2 Å². The maximum atomic E-state index is 13.6. The van der Waals surface area contributed by atoms with Gasteiger partial charge in [0.25, 0.3) is 0 Å². The number of morpholine rings is 1. The Morgan fingerprint density at radius 1 is 1.42 bits per heavy atom. The second-order valence-corrected chi connectivity index (χ2v) is 5.73. The predicted molar refractivity (Wildman–Crippen MR) is 88.1 cm³/mol. The van der Waals surface area contributed by atoms with E-state index in [1.165, 1.54) is 12.1 Å². The molecule has 0 saturated carbocycles. The number of ether oxygens (including phenoxy) is 1. The molecule has 1 aromatic heterocycles. The number of hydrogen-bond acceptors (Lipinski definition) is 4. The fraction of sp³-hybridized carbons (Fsp3) is 0.412. The number of H-pyrrole nitrogens is 1. The highest BCUT2D eigenvalue weighted by Gasteiger charge is 2.29. The van der Waals surface area contributed by atoms with E-state index in [1.54, 1.807) is 18.2 Å². The molecule has 0 bridgehead atoms. The minimum absolute atomic E-state index is 0.225. The Labute approximate surface area is 140 Å². The monoisotopic (exact) mass is 332 g/mol. The molecule has 1 aliphatic rings. The number of aryl methyl sites for hydroxylation is 1. The minimum Gasteiger partial charge on any atom is -0.379 e. The molecular weight excluding hydrogens is 311 g/mol. The van der Waals surface area contributed by atoms with Gasteiger partial charge in [0.15, 0.2) is 5.82 Å². The van der Waals surface area contributed by atoms with Gasteiger partial charge in [0.2, 0.25) is 5.91 Å². The maximum absolute atomic E-state index is 13.6. The zero-order chi connectivity index (χ0) is 16.9. The summed E-state index contributed by atoms with van der Waals surface area (Å²) >= 11 is 0. The standard InChI is InChI=1S/C17H21FN4O2/c1-2-14-11-15(21-20-14)19-17(23)16(22-6-8-24-9-7-22)12-4-3-5-13(18)10-12/h3-5,10-11,16H,2,6-9H2,1H3,(H2,19,20,21,23)/t16-/m1/s1. The van der Waals surface area contributed by atoms with E-state index < -0.39 is 6.04 Å². The topological polar surface area (TPSA) is 70.2 Å². The molecule has 0 spiro atoms. The van der Waals surface area contributed by atoms with Gasteiger partial charge >= 0.3 is 0 Å². The summed E-state index contributed by atoms with van der Waals surface area (Å²) in [5.74, 6) is -0.102. The molecule has 1 atom stereocenters. The molecule has 6 nitrogen and oxygen atoms in total. The Hall–Kier alpha value is -2.25. The molecule has 24 heavy (non-hydrogen) atoms. The smallest absolute Gasteiger partial charge is 0.247 e. The number of amides is 1. The van der Waals surface area contributed by atoms with Crippen LogP contribution in [0.4, 0.5) is 10.2 Å². The number of nitrogens with one attached hydrogen (secondary N) is 2. The van der Waals surface area contributed by atoms with E-state index in [1.807, 2.05) is 11.8 Å². The first-order valence-electron chi connectivity index (χ1n) is 8.10. The van der Waals surface area contributed by atoms with Crippen LogP contribution in [0.15, 0.2) is 30.3 Å². The lowest BCUT2D eigenvalue weighted by atomic mass is 10.0. The lowest BCUT2D eigenvalue weighted by molar-refractivity contribution is -0.123. The van der Waals surface area contributed by atoms with Crippen molar-refractivity contribution in [3.05, 3.63) is 47.4 Å². The van der Waals surface area contributed by atoms with Gasteiger partial charge in [-0.15, -0.1) is 0 Å². The van der Waals surface area contributed by atoms with Crippen LogP contribution < -0.4 is 5.32 Å². The predicted octanol–water partition coefficient (Wildman–Crippen LogP) is 2.12. The lowest BCUT2D eigenvalue weighted by Gasteiger charge is -2.33. The van der Waals surface area contributed by atoms with Gasteiger partial charge in [-0.2, -0.15) is 5.10 Å². The Bertz CT molecular complexity index is 697. The van der Waals surface area contributed by atoms with E-state index in [0.717, 1.165) is 12.1 Å². The largest absolute Gasteiger partial charge is 0.379 e. The van der Waals surface area contributed by atoms with E-state index >= 15 is 0 Å². The van der Waals surface area contributed by atoms with Crippen molar-refractivity contribution < 1.29 is 13.9 Å². The summed E-state index contributed by atoms with van der Waals surface area (Å²) in [6, 6.07) is 7.40. The molecule has 0 unspecified atom stereocenters. The van der Waals surface area contributed by atoms with Gasteiger partial charge in [-0.3, -0.25) is 14.8 Å². The molecular formula is C17H21FN4O2. The number of hydrogen-bond donors (Lipinski definition) is 2. The van der Waals surface area contributed by atoms with Crippen LogP contribution in [0.25, 0.3) is 0 Å². The van der Waals surface area contributed by atoms with Crippen LogP contribution >= 0.6 is 0 Å². The van der Waals surface area contributed by atoms with Crippen LogP contribution in [0.3, 0.4) is 0 Å². The fourth-order valence-corrected chi connectivity index (χ4v) is 2.84. The quantitative estimate of drug-likeness (QED) is 0.880. The highest BCUT2D eigenvalue weighted by Crippen LogP contribution is 2.24. The lowest BCUT2D eigenvalue weighted by Crippen LogP contribution is -2.44. The van der Waals surface area contributed by atoms with Crippen molar-refractivity contribution in [2.75, 3.05) is 31.6 Å². The number of carbonyl (C=O) groups excluding carboxylic acids is 1. The fourth-order valence-electron chi connectivity index (χ4n) is 2.84. The van der Waals surface area contributed by atoms with Gasteiger partial charge in [-0.25, -0.2) is 4.39 Å². The first kappa shape index (κ1) is 16.6. The number of halogens is 1. The summed E-state index contributed by atoms with van der Waals surface area (Å²) in [5, 5.41) is 9.79. The Morgan fingerprint density at radius 2 is 2.21 bits per heavy atom. The Kier molecular flexibility index (Phi) is 5.22. The van der Waals surface area contributed by atoms with Crippen LogP contribution in [0.1, 0.15) is 24.2 Å². The van der Waals surface area contributed by atoms with Crippen molar-refractivity contribution in [2.24, 2.45) is 0 Å². The molecule has 1 fully saturated rings. The van der Waals surface area contributed by atoms with Crippen LogP contribution in [0, 0.1) is 5.82 Å². The molecule has 7 heteroatoms. The zero-order valence-electron chi connectivity index (χ0n) is 13.6. The number of rotatable bonds is 5. The summed E-state index contributed by atoms with van der Waals surface area (Å²) in [7, 11) is 0. The Morgan fingerprint density at radius 3 is 2.88 bits per heavy atom. The van der Waals surface area contributed by atoms with Crippen LogP contribution in [-0.4, -0.2) is 47.3 Å². The average molecular weight is 332 g/mol. The molecule has 2 aromatic rings. The highest BCUT2D eigenvalue weighted by molar-refractivity contribution is 5.94. The third kappa shape index (κ3) is 3.80. The average Bonchev–Trinajstić information content (AvgIpc) is 3.04. The van der Waals surface area contributed by atoms with Crippen LogP contribution in [0.2, 0.25) is 0 Å². The normalized spacial score (nSPS) is 16.8. The molecule has 1 saturated heterocycles. The number of nitrogens with zero attached hydrogens (tertiary/aromatic N) is 2. The second kappa shape index (κ2) is 7.55. The number of aromatic nitrogens is 2. The van der Waals surface area contributed by atoms with E-state index in [9.17, 15) is 9.18 Å². The third-order valence-electron chi connectivity index (χ3n) is 4.09. The number of aromatic amines is 1. The summed E-state index contributed by atoms with van der Waals surface area (Å²) in [6.07, 6.45) is 0.805. The summed E-state index contributed by atoms with van der Waals surface area (Å²) in [5.41, 5.74) is 1.57. The van der Waals surface area contributed by atoms with E-state index in [4.69, 9.17) is 4.74 Å². The summed E-state index contributed by atoms with van der Waals surface area (Å²) in [6.45, 7) is 4.36. The van der Waals surface area contributed by atoms with Gasteiger partial charge in [-0.05, 0) is 24.1 Å². The van der Waals surface area contributed by atoms with Crippen molar-refractivity contribution in [3.63, 3.8) is 0 Å². The van der Waals surface area contributed by atoms with Crippen molar-refractivity contribution in [3.8, 4) is 0 Å². The third-order valence-corrected chi connectivity index (χ3v) is 4.09. The van der Waals surface area contributed by atoms with Crippen molar-refractivity contribution >= 4 is 11.7 Å². The number of benzene rings is 1. The van der Waals surface area contributed by atoms with Crippen molar-refractivity contribution in [1.82, 2.24) is 15.1 Å². The first-order chi connectivity index (χ1) is 11.7.